The van der Waals surface area contributed by atoms with Crippen LogP contribution in [0.1, 0.15) is 19.3 Å². The van der Waals surface area contributed by atoms with E-state index in [0.717, 1.165) is 5.92 Å². The molecule has 1 aliphatic carbocycles. The van der Waals surface area contributed by atoms with Crippen molar-refractivity contribution in [2.24, 2.45) is 11.7 Å². The van der Waals surface area contributed by atoms with Gasteiger partial charge in [-0.15, -0.1) is 0 Å². The zero-order chi connectivity index (χ0) is 7.56. The van der Waals surface area contributed by atoms with Gasteiger partial charge in [0.25, 0.3) is 0 Å². The lowest BCUT2D eigenvalue weighted by Gasteiger charge is -2.15. The van der Waals surface area contributed by atoms with E-state index in [4.69, 9.17) is 5.73 Å². The molecule has 0 heterocycles. The third kappa shape index (κ3) is 2.27. The maximum atomic E-state index is 5.78. The van der Waals surface area contributed by atoms with Gasteiger partial charge >= 0.3 is 0 Å². The van der Waals surface area contributed by atoms with Crippen molar-refractivity contribution < 1.29 is 0 Å². The van der Waals surface area contributed by atoms with Crippen LogP contribution in [-0.4, -0.2) is 31.6 Å². The molecule has 2 atom stereocenters. The van der Waals surface area contributed by atoms with Crippen LogP contribution < -0.4 is 5.73 Å². The number of hydrogen-bond acceptors (Lipinski definition) is 2. The molecule has 1 aliphatic rings. The second kappa shape index (κ2) is 3.35. The van der Waals surface area contributed by atoms with Gasteiger partial charge in [-0.2, -0.15) is 0 Å². The van der Waals surface area contributed by atoms with Crippen LogP contribution in [0.15, 0.2) is 0 Å². The van der Waals surface area contributed by atoms with Crippen molar-refractivity contribution in [2.75, 3.05) is 20.6 Å². The molecule has 0 aromatic carbocycles. The first-order valence-corrected chi connectivity index (χ1v) is 4.09. The molecule has 60 valence electrons. The number of nitrogens with two attached hydrogens (primary N) is 1. The van der Waals surface area contributed by atoms with Gasteiger partial charge in [-0.25, -0.2) is 0 Å². The van der Waals surface area contributed by atoms with Crippen molar-refractivity contribution in [2.45, 2.75) is 25.3 Å². The Kier molecular flexibility index (Phi) is 2.69. The van der Waals surface area contributed by atoms with Crippen molar-refractivity contribution in [3.05, 3.63) is 0 Å². The number of hydrogen-bond donors (Lipinski definition) is 1. The summed E-state index contributed by atoms with van der Waals surface area (Å²) in [7, 11) is 4.26. The van der Waals surface area contributed by atoms with Gasteiger partial charge in [-0.1, -0.05) is 0 Å². The summed E-state index contributed by atoms with van der Waals surface area (Å²) in [6, 6.07) is 0.491. The highest BCUT2D eigenvalue weighted by atomic mass is 15.1. The van der Waals surface area contributed by atoms with Gasteiger partial charge in [0.15, 0.2) is 0 Å². The van der Waals surface area contributed by atoms with E-state index in [1.807, 2.05) is 0 Å². The zero-order valence-corrected chi connectivity index (χ0v) is 7.01. The van der Waals surface area contributed by atoms with E-state index in [1.54, 1.807) is 0 Å². The molecule has 1 fully saturated rings. The first kappa shape index (κ1) is 8.02. The first-order chi connectivity index (χ1) is 4.68. The van der Waals surface area contributed by atoms with Crippen LogP contribution in [0, 0.1) is 5.92 Å². The molecule has 0 saturated heterocycles. The van der Waals surface area contributed by atoms with Crippen LogP contribution in [0.2, 0.25) is 0 Å². The van der Waals surface area contributed by atoms with Crippen LogP contribution in [0.3, 0.4) is 0 Å². The summed E-state index contributed by atoms with van der Waals surface area (Å²) in [5, 5.41) is 0. The van der Waals surface area contributed by atoms with Gasteiger partial charge in [0, 0.05) is 12.6 Å². The highest BCUT2D eigenvalue weighted by molar-refractivity contribution is 4.78. The second-order valence-electron chi connectivity index (χ2n) is 3.70. The van der Waals surface area contributed by atoms with Gasteiger partial charge in [-0.3, -0.25) is 0 Å². The molecule has 1 rings (SSSR count). The zero-order valence-electron chi connectivity index (χ0n) is 7.01. The van der Waals surface area contributed by atoms with E-state index in [9.17, 15) is 0 Å². The Bertz CT molecular complexity index is 101. The van der Waals surface area contributed by atoms with E-state index < -0.39 is 0 Å². The summed E-state index contributed by atoms with van der Waals surface area (Å²) in [5.74, 6) is 0.866. The molecular weight excluding hydrogens is 124 g/mol. The Labute approximate surface area is 63.4 Å². The molecule has 0 radical (unpaired) electrons. The summed E-state index contributed by atoms with van der Waals surface area (Å²) in [4.78, 5) is 2.25. The fourth-order valence-corrected chi connectivity index (χ4v) is 1.80. The number of nitrogens with zero attached hydrogens (tertiary/aromatic N) is 1. The molecule has 2 nitrogen and oxygen atoms in total. The van der Waals surface area contributed by atoms with Crippen LogP contribution in [-0.2, 0) is 0 Å². The average Bonchev–Trinajstić information content (AvgIpc) is 2.13. The van der Waals surface area contributed by atoms with E-state index in [0.29, 0.717) is 6.04 Å². The van der Waals surface area contributed by atoms with Crippen molar-refractivity contribution in [3.63, 3.8) is 0 Å². The lowest BCUT2D eigenvalue weighted by molar-refractivity contribution is 0.326. The third-order valence-corrected chi connectivity index (χ3v) is 2.21. The van der Waals surface area contributed by atoms with Gasteiger partial charge in [0.1, 0.15) is 0 Å². The van der Waals surface area contributed by atoms with Gasteiger partial charge < -0.3 is 10.6 Å². The SMILES string of the molecule is CN(C)CC1CC[C@@H](N)C1. The predicted molar refractivity (Wildman–Crippen MR) is 43.9 cm³/mol. The lowest BCUT2D eigenvalue weighted by Crippen LogP contribution is -2.22. The quantitative estimate of drug-likeness (QED) is 0.614. The van der Waals surface area contributed by atoms with Crippen LogP contribution >= 0.6 is 0 Å². The van der Waals surface area contributed by atoms with Gasteiger partial charge in [0.05, 0.1) is 0 Å². The van der Waals surface area contributed by atoms with E-state index in [-0.39, 0.29) is 0 Å². The van der Waals surface area contributed by atoms with Gasteiger partial charge in [0.2, 0.25) is 0 Å². The molecule has 0 bridgehead atoms. The van der Waals surface area contributed by atoms with E-state index in [1.165, 1.54) is 25.8 Å². The Morgan fingerprint density at radius 1 is 1.40 bits per heavy atom. The minimum Gasteiger partial charge on any atom is -0.328 e. The van der Waals surface area contributed by atoms with Crippen molar-refractivity contribution in [1.29, 1.82) is 0 Å². The molecule has 0 aromatic heterocycles. The minimum absolute atomic E-state index is 0.491. The molecule has 0 spiro atoms. The van der Waals surface area contributed by atoms with Crippen LogP contribution in [0.4, 0.5) is 0 Å². The predicted octanol–water partition coefficient (Wildman–Crippen LogP) is 0.675. The summed E-state index contributed by atoms with van der Waals surface area (Å²) in [6.07, 6.45) is 3.80. The maximum Gasteiger partial charge on any atom is 0.00420 e. The molecule has 2 heteroatoms. The van der Waals surface area contributed by atoms with Crippen molar-refractivity contribution >= 4 is 0 Å². The summed E-state index contributed by atoms with van der Waals surface area (Å²) in [5.41, 5.74) is 5.78. The molecule has 0 aromatic rings. The smallest absolute Gasteiger partial charge is 0.00420 e. The van der Waals surface area contributed by atoms with Crippen LogP contribution in [0.25, 0.3) is 0 Å². The minimum atomic E-state index is 0.491. The maximum absolute atomic E-state index is 5.78. The molecule has 2 N–H and O–H groups in total. The summed E-state index contributed by atoms with van der Waals surface area (Å²) in [6.45, 7) is 1.22. The Morgan fingerprint density at radius 2 is 2.10 bits per heavy atom. The molecule has 0 aliphatic heterocycles. The average molecular weight is 142 g/mol. The Morgan fingerprint density at radius 3 is 2.50 bits per heavy atom. The Balaban J connectivity index is 2.18. The molecular formula is C8H18N2. The van der Waals surface area contributed by atoms with E-state index >= 15 is 0 Å². The molecule has 1 saturated carbocycles. The largest absolute Gasteiger partial charge is 0.328 e. The summed E-state index contributed by atoms with van der Waals surface area (Å²) >= 11 is 0. The molecule has 1 unspecified atom stereocenters. The third-order valence-electron chi connectivity index (χ3n) is 2.21. The molecule has 0 amide bonds. The fourth-order valence-electron chi connectivity index (χ4n) is 1.80. The highest BCUT2D eigenvalue weighted by Crippen LogP contribution is 2.23. The topological polar surface area (TPSA) is 29.3 Å². The Hall–Kier alpha value is -0.0800. The normalized spacial score (nSPS) is 33.6. The lowest BCUT2D eigenvalue weighted by atomic mass is 10.1. The van der Waals surface area contributed by atoms with Crippen molar-refractivity contribution in [1.82, 2.24) is 4.90 Å². The van der Waals surface area contributed by atoms with Crippen molar-refractivity contribution in [3.8, 4) is 0 Å². The first-order valence-electron chi connectivity index (χ1n) is 4.09. The van der Waals surface area contributed by atoms with Gasteiger partial charge in [-0.05, 0) is 39.3 Å². The second-order valence-corrected chi connectivity index (χ2v) is 3.70. The fraction of sp³-hybridized carbons (Fsp3) is 1.00. The monoisotopic (exact) mass is 142 g/mol. The highest BCUT2D eigenvalue weighted by Gasteiger charge is 2.21. The van der Waals surface area contributed by atoms with E-state index in [2.05, 4.69) is 19.0 Å². The standard InChI is InChI=1S/C8H18N2/c1-10(2)6-7-3-4-8(9)5-7/h7-8H,3-6,9H2,1-2H3/t7?,8-/m1/s1. The van der Waals surface area contributed by atoms with Crippen LogP contribution in [0.5, 0.6) is 0 Å². The summed E-state index contributed by atoms with van der Waals surface area (Å²) < 4.78 is 0. The molecule has 10 heavy (non-hydrogen) atoms. The number of rotatable bonds is 2.